The predicted molar refractivity (Wildman–Crippen MR) is 176 cm³/mol. The van der Waals surface area contributed by atoms with Crippen molar-refractivity contribution < 1.29 is 42.9 Å². The maximum absolute atomic E-state index is 12.8. The van der Waals surface area contributed by atoms with Gasteiger partial charge in [0.1, 0.15) is 6.04 Å². The van der Waals surface area contributed by atoms with Gasteiger partial charge in [-0.25, -0.2) is 0 Å². The average Bonchev–Trinajstić information content (AvgIpc) is 3.04. The van der Waals surface area contributed by atoms with Crippen molar-refractivity contribution in [1.29, 1.82) is 0 Å². The number of carbonyl (C=O) groups is 5. The van der Waals surface area contributed by atoms with E-state index < -0.39 is 30.3 Å². The van der Waals surface area contributed by atoms with E-state index in [0.717, 1.165) is 18.6 Å². The van der Waals surface area contributed by atoms with E-state index in [9.17, 15) is 24.0 Å². The van der Waals surface area contributed by atoms with Crippen molar-refractivity contribution in [2.45, 2.75) is 53.0 Å². The third kappa shape index (κ3) is 24.3. The second kappa shape index (κ2) is 26.5. The summed E-state index contributed by atoms with van der Waals surface area (Å²) in [6.07, 6.45) is 1.28. The Balaban J connectivity index is 2.21. The molecule has 0 saturated heterocycles. The third-order valence-electron chi connectivity index (χ3n) is 6.39. The van der Waals surface area contributed by atoms with E-state index in [1.54, 1.807) is 0 Å². The van der Waals surface area contributed by atoms with Crippen molar-refractivity contribution in [2.24, 2.45) is 11.8 Å². The number of hydrogen-bond acceptors (Lipinski definition) is 9. The number of hydrogen-bond donors (Lipinski definition) is 5. The van der Waals surface area contributed by atoms with Gasteiger partial charge in [-0.05, 0) is 23.8 Å². The molecule has 0 aromatic heterocycles. The molecule has 0 radical (unpaired) electrons. The summed E-state index contributed by atoms with van der Waals surface area (Å²) in [6, 6.07) is 8.12. The molecule has 14 heteroatoms. The van der Waals surface area contributed by atoms with Gasteiger partial charge in [0.25, 0.3) is 0 Å². The Morgan fingerprint density at radius 3 is 1.68 bits per heavy atom. The molecule has 47 heavy (non-hydrogen) atoms. The molecule has 5 amide bonds. The number of rotatable bonds is 27. The molecule has 266 valence electrons. The number of carbonyl (C=O) groups excluding carboxylic acids is 5. The molecule has 5 N–H and O–H groups in total. The van der Waals surface area contributed by atoms with Gasteiger partial charge in [0, 0.05) is 26.0 Å². The summed E-state index contributed by atoms with van der Waals surface area (Å²) in [7, 11) is 0. The molecule has 0 heterocycles. The van der Waals surface area contributed by atoms with Crippen molar-refractivity contribution in [1.82, 2.24) is 26.6 Å². The Labute approximate surface area is 278 Å². The van der Waals surface area contributed by atoms with Crippen LogP contribution in [0.4, 0.5) is 0 Å². The van der Waals surface area contributed by atoms with Crippen LogP contribution < -0.4 is 26.6 Å². The van der Waals surface area contributed by atoms with Gasteiger partial charge in [-0.15, -0.1) is 0 Å². The number of benzene rings is 1. The van der Waals surface area contributed by atoms with Crippen LogP contribution in [-0.4, -0.2) is 115 Å². The van der Waals surface area contributed by atoms with Gasteiger partial charge in [-0.3, -0.25) is 24.0 Å². The highest BCUT2D eigenvalue weighted by molar-refractivity contribution is 5.92. The molecule has 0 spiro atoms. The maximum Gasteiger partial charge on any atom is 0.243 e. The lowest BCUT2D eigenvalue weighted by molar-refractivity contribution is -0.131. The van der Waals surface area contributed by atoms with Crippen LogP contribution in [0.2, 0.25) is 0 Å². The Bertz CT molecular complexity index is 1040. The molecular weight excluding hydrogens is 610 g/mol. The molecule has 0 aliphatic heterocycles. The Morgan fingerprint density at radius 1 is 0.574 bits per heavy atom. The first-order valence-corrected chi connectivity index (χ1v) is 16.3. The first kappa shape index (κ1) is 41.4. The second-order valence-corrected chi connectivity index (χ2v) is 11.7. The molecule has 0 saturated carbocycles. The van der Waals surface area contributed by atoms with E-state index in [-0.39, 0.29) is 50.3 Å². The lowest BCUT2D eigenvalue weighted by Gasteiger charge is -2.19. The topological polar surface area (TPSA) is 182 Å². The summed E-state index contributed by atoms with van der Waals surface area (Å²) in [5.41, 5.74) is 0.805. The largest absolute Gasteiger partial charge is 0.379 e. The molecule has 0 unspecified atom stereocenters. The Hall–Kier alpha value is -3.59. The standard InChI is InChI=1S/C33H55N5O9/c1-25(2)10-12-44-14-16-46-18-19-47-17-15-45-13-11-29(39)35-22-30(40)36-24-32(42)38-28(20-27-8-6-5-7-9-27)33(43)37-23-31(41)34-21-26(3)4/h5-9,25-26,28H,10-24H2,1-4H3,(H,34,41)(H,35,39)(H,36,40)(H,37,43)(H,38,42)/t28-/m0/s1. The fourth-order valence-electron chi connectivity index (χ4n) is 3.73. The van der Waals surface area contributed by atoms with Crippen molar-refractivity contribution in [2.75, 3.05) is 79.0 Å². The van der Waals surface area contributed by atoms with Gasteiger partial charge < -0.3 is 45.5 Å². The number of ether oxygens (including phenoxy) is 4. The fourth-order valence-corrected chi connectivity index (χ4v) is 3.73. The molecule has 0 fully saturated rings. The van der Waals surface area contributed by atoms with Gasteiger partial charge in [0.05, 0.1) is 65.9 Å². The first-order chi connectivity index (χ1) is 22.6. The van der Waals surface area contributed by atoms with Gasteiger partial charge in [0.15, 0.2) is 0 Å². The fraction of sp³-hybridized carbons (Fsp3) is 0.667. The predicted octanol–water partition coefficient (Wildman–Crippen LogP) is 0.337. The van der Waals surface area contributed by atoms with E-state index in [1.807, 2.05) is 44.2 Å². The van der Waals surface area contributed by atoms with Crippen LogP contribution >= 0.6 is 0 Å². The molecular formula is C33H55N5O9. The van der Waals surface area contributed by atoms with E-state index in [0.29, 0.717) is 52.1 Å². The average molecular weight is 666 g/mol. The smallest absolute Gasteiger partial charge is 0.243 e. The quantitative estimate of drug-likeness (QED) is 0.0828. The summed E-state index contributed by atoms with van der Waals surface area (Å²) in [5, 5.41) is 12.8. The third-order valence-corrected chi connectivity index (χ3v) is 6.39. The van der Waals surface area contributed by atoms with Gasteiger partial charge in [-0.1, -0.05) is 58.0 Å². The van der Waals surface area contributed by atoms with Crippen LogP contribution in [0.5, 0.6) is 0 Å². The van der Waals surface area contributed by atoms with Crippen molar-refractivity contribution in [3.63, 3.8) is 0 Å². The van der Waals surface area contributed by atoms with Gasteiger partial charge in [-0.2, -0.15) is 0 Å². The van der Waals surface area contributed by atoms with E-state index in [4.69, 9.17) is 18.9 Å². The summed E-state index contributed by atoms with van der Waals surface area (Å²) in [4.78, 5) is 61.6. The molecule has 14 nitrogen and oxygen atoms in total. The van der Waals surface area contributed by atoms with Crippen molar-refractivity contribution in [3.05, 3.63) is 35.9 Å². The summed E-state index contributed by atoms with van der Waals surface area (Å²) in [5.74, 6) is -1.53. The summed E-state index contributed by atoms with van der Waals surface area (Å²) >= 11 is 0. The minimum Gasteiger partial charge on any atom is -0.379 e. The Kier molecular flexibility index (Phi) is 23.3. The van der Waals surface area contributed by atoms with Crippen LogP contribution in [0.3, 0.4) is 0 Å². The highest BCUT2D eigenvalue weighted by Gasteiger charge is 2.22. The van der Waals surface area contributed by atoms with Crippen molar-refractivity contribution >= 4 is 29.5 Å². The molecule has 0 aliphatic rings. The monoisotopic (exact) mass is 665 g/mol. The minimum absolute atomic E-state index is 0.0550. The SMILES string of the molecule is CC(C)CCOCCOCCOCCOCCC(=O)NCC(=O)NCC(=O)N[C@@H](Cc1ccccc1)C(=O)NCC(=O)NCC(C)C. The second-order valence-electron chi connectivity index (χ2n) is 11.7. The summed E-state index contributed by atoms with van der Waals surface area (Å²) < 4.78 is 21.7. The Morgan fingerprint density at radius 2 is 1.09 bits per heavy atom. The van der Waals surface area contributed by atoms with Gasteiger partial charge in [0.2, 0.25) is 29.5 Å². The molecule has 1 aromatic rings. The van der Waals surface area contributed by atoms with Crippen LogP contribution in [0, 0.1) is 11.8 Å². The molecule has 1 rings (SSSR count). The number of nitrogens with one attached hydrogen (secondary N) is 5. The van der Waals surface area contributed by atoms with Gasteiger partial charge >= 0.3 is 0 Å². The molecule has 0 bridgehead atoms. The highest BCUT2D eigenvalue weighted by atomic mass is 16.6. The summed E-state index contributed by atoms with van der Waals surface area (Å²) in [6.45, 7) is 11.3. The van der Waals surface area contributed by atoms with E-state index >= 15 is 0 Å². The molecule has 0 aliphatic carbocycles. The zero-order valence-electron chi connectivity index (χ0n) is 28.4. The maximum atomic E-state index is 12.8. The highest BCUT2D eigenvalue weighted by Crippen LogP contribution is 2.04. The lowest BCUT2D eigenvalue weighted by Crippen LogP contribution is -2.52. The zero-order valence-corrected chi connectivity index (χ0v) is 28.4. The molecule has 1 atom stereocenters. The van der Waals surface area contributed by atoms with E-state index in [1.165, 1.54) is 0 Å². The van der Waals surface area contributed by atoms with Crippen LogP contribution in [0.15, 0.2) is 30.3 Å². The lowest BCUT2D eigenvalue weighted by atomic mass is 10.1. The first-order valence-electron chi connectivity index (χ1n) is 16.3. The normalized spacial score (nSPS) is 11.6. The van der Waals surface area contributed by atoms with Crippen LogP contribution in [-0.2, 0) is 49.3 Å². The van der Waals surface area contributed by atoms with Crippen LogP contribution in [0.25, 0.3) is 0 Å². The zero-order chi connectivity index (χ0) is 34.7. The van der Waals surface area contributed by atoms with Crippen LogP contribution in [0.1, 0.15) is 46.1 Å². The minimum atomic E-state index is -0.970. The molecule has 1 aromatic carbocycles. The number of amides is 5. The van der Waals surface area contributed by atoms with E-state index in [2.05, 4.69) is 40.4 Å². The van der Waals surface area contributed by atoms with Crippen molar-refractivity contribution in [3.8, 4) is 0 Å².